The Balaban J connectivity index is 2.14. The van der Waals surface area contributed by atoms with Crippen molar-refractivity contribution in [2.45, 2.75) is 51.6 Å². The van der Waals surface area contributed by atoms with Gasteiger partial charge in [-0.05, 0) is 43.9 Å². The second-order valence-corrected chi connectivity index (χ2v) is 7.29. The van der Waals surface area contributed by atoms with E-state index in [0.717, 1.165) is 23.2 Å². The normalized spacial score (nSPS) is 19.4. The smallest absolute Gasteiger partial charge is 0.0931 e. The summed E-state index contributed by atoms with van der Waals surface area (Å²) in [7, 11) is 0. The number of nitrogens with zero attached hydrogens (tertiary/aromatic N) is 1. The predicted octanol–water partition coefficient (Wildman–Crippen LogP) is 4.30. The van der Waals surface area contributed by atoms with E-state index >= 15 is 0 Å². The second-order valence-electron chi connectivity index (χ2n) is 5.54. The molecule has 1 saturated carbocycles. The summed E-state index contributed by atoms with van der Waals surface area (Å²) in [5, 5.41) is 0. The molecule has 1 aromatic rings. The summed E-state index contributed by atoms with van der Waals surface area (Å²) in [6, 6.07) is 4.66. The van der Waals surface area contributed by atoms with E-state index in [1.54, 1.807) is 11.3 Å². The van der Waals surface area contributed by atoms with Crippen molar-refractivity contribution < 1.29 is 0 Å². The molecule has 1 aliphatic rings. The molecular formula is C15H25ClN2S. The zero-order chi connectivity index (χ0) is 13.8. The Kier molecular flexibility index (Phi) is 5.70. The van der Waals surface area contributed by atoms with Crippen molar-refractivity contribution in [2.75, 3.05) is 13.1 Å². The minimum Gasteiger partial charge on any atom is -0.326 e. The summed E-state index contributed by atoms with van der Waals surface area (Å²) < 4.78 is 0.864. The highest BCUT2D eigenvalue weighted by atomic mass is 35.5. The predicted molar refractivity (Wildman–Crippen MR) is 84.9 cm³/mol. The number of rotatable bonds is 7. The number of hydrogen-bond donors (Lipinski definition) is 1. The standard InChI is InChI=1S/C15H25ClN2S/c1-3-12(17)15(13-8-9-14(16)19-13)18(4-2)10-11-6-5-7-11/h8-9,11-12,15H,3-7,10,17H2,1-2H3. The largest absolute Gasteiger partial charge is 0.326 e. The molecule has 1 heterocycles. The highest BCUT2D eigenvalue weighted by Gasteiger charge is 2.29. The highest BCUT2D eigenvalue weighted by Crippen LogP contribution is 2.35. The third kappa shape index (κ3) is 3.72. The zero-order valence-corrected chi connectivity index (χ0v) is 13.5. The fourth-order valence-electron chi connectivity index (χ4n) is 2.82. The van der Waals surface area contributed by atoms with Gasteiger partial charge in [-0.1, -0.05) is 31.9 Å². The molecule has 0 saturated heterocycles. The van der Waals surface area contributed by atoms with Crippen molar-refractivity contribution in [3.05, 3.63) is 21.3 Å². The van der Waals surface area contributed by atoms with Gasteiger partial charge in [-0.15, -0.1) is 11.3 Å². The molecule has 2 nitrogen and oxygen atoms in total. The van der Waals surface area contributed by atoms with Gasteiger partial charge in [-0.2, -0.15) is 0 Å². The lowest BCUT2D eigenvalue weighted by Crippen LogP contribution is -2.43. The van der Waals surface area contributed by atoms with Gasteiger partial charge in [0.25, 0.3) is 0 Å². The van der Waals surface area contributed by atoms with E-state index in [9.17, 15) is 0 Å². The van der Waals surface area contributed by atoms with Crippen LogP contribution in [0.3, 0.4) is 0 Å². The fourth-order valence-corrected chi connectivity index (χ4v) is 4.09. The maximum atomic E-state index is 6.39. The average molecular weight is 301 g/mol. The molecule has 0 radical (unpaired) electrons. The Morgan fingerprint density at radius 2 is 2.16 bits per heavy atom. The van der Waals surface area contributed by atoms with Crippen LogP contribution < -0.4 is 5.73 Å². The quantitative estimate of drug-likeness (QED) is 0.813. The van der Waals surface area contributed by atoms with Crippen LogP contribution in [0.25, 0.3) is 0 Å². The molecule has 2 N–H and O–H groups in total. The molecule has 19 heavy (non-hydrogen) atoms. The van der Waals surface area contributed by atoms with Crippen LogP contribution in [0.15, 0.2) is 12.1 Å². The monoisotopic (exact) mass is 300 g/mol. The van der Waals surface area contributed by atoms with Gasteiger partial charge in [0.2, 0.25) is 0 Å². The van der Waals surface area contributed by atoms with Crippen LogP contribution in [0.5, 0.6) is 0 Å². The van der Waals surface area contributed by atoms with E-state index in [2.05, 4.69) is 24.8 Å². The molecule has 1 aromatic heterocycles. The summed E-state index contributed by atoms with van der Waals surface area (Å²) in [4.78, 5) is 3.88. The lowest BCUT2D eigenvalue weighted by Gasteiger charge is -2.38. The van der Waals surface area contributed by atoms with Crippen LogP contribution in [0, 0.1) is 5.92 Å². The van der Waals surface area contributed by atoms with Crippen molar-refractivity contribution in [2.24, 2.45) is 11.7 Å². The molecule has 0 amide bonds. The molecule has 108 valence electrons. The SMILES string of the molecule is CCC(N)C(c1ccc(Cl)s1)N(CC)CC1CCC1. The van der Waals surface area contributed by atoms with E-state index in [-0.39, 0.29) is 6.04 Å². The number of likely N-dealkylation sites (N-methyl/N-ethyl adjacent to an activating group) is 1. The minimum atomic E-state index is 0.190. The summed E-state index contributed by atoms with van der Waals surface area (Å²) in [6.07, 6.45) is 5.17. The maximum absolute atomic E-state index is 6.39. The number of hydrogen-bond acceptors (Lipinski definition) is 3. The van der Waals surface area contributed by atoms with E-state index in [0.29, 0.717) is 6.04 Å². The molecule has 1 aliphatic carbocycles. The van der Waals surface area contributed by atoms with Crippen LogP contribution in [-0.4, -0.2) is 24.0 Å². The van der Waals surface area contributed by atoms with Crippen LogP contribution in [0.1, 0.15) is 50.4 Å². The Morgan fingerprint density at radius 3 is 2.58 bits per heavy atom. The first-order valence-corrected chi connectivity index (χ1v) is 8.60. The molecule has 4 heteroatoms. The fraction of sp³-hybridized carbons (Fsp3) is 0.733. The van der Waals surface area contributed by atoms with Gasteiger partial charge < -0.3 is 5.73 Å². The first-order valence-electron chi connectivity index (χ1n) is 7.40. The molecule has 2 rings (SSSR count). The van der Waals surface area contributed by atoms with Crippen LogP contribution >= 0.6 is 22.9 Å². The van der Waals surface area contributed by atoms with Crippen molar-refractivity contribution in [1.82, 2.24) is 4.90 Å². The van der Waals surface area contributed by atoms with Crippen molar-refractivity contribution in [3.63, 3.8) is 0 Å². The summed E-state index contributed by atoms with van der Waals surface area (Å²) in [5.41, 5.74) is 6.39. The Morgan fingerprint density at radius 1 is 1.42 bits per heavy atom. The molecular weight excluding hydrogens is 276 g/mol. The van der Waals surface area contributed by atoms with Crippen molar-refractivity contribution in [1.29, 1.82) is 0 Å². The lowest BCUT2D eigenvalue weighted by molar-refractivity contribution is 0.123. The van der Waals surface area contributed by atoms with E-state index in [1.165, 1.54) is 30.7 Å². The van der Waals surface area contributed by atoms with Crippen LogP contribution in [0.4, 0.5) is 0 Å². The molecule has 0 spiro atoms. The van der Waals surface area contributed by atoms with Crippen molar-refractivity contribution >= 4 is 22.9 Å². The highest BCUT2D eigenvalue weighted by molar-refractivity contribution is 7.16. The maximum Gasteiger partial charge on any atom is 0.0931 e. The van der Waals surface area contributed by atoms with Gasteiger partial charge in [0.1, 0.15) is 0 Å². The summed E-state index contributed by atoms with van der Waals surface area (Å²) in [6.45, 7) is 6.65. The van der Waals surface area contributed by atoms with E-state index in [1.807, 2.05) is 6.07 Å². The third-order valence-corrected chi connectivity index (χ3v) is 5.58. The first kappa shape index (κ1) is 15.3. The Bertz CT molecular complexity index is 389. The van der Waals surface area contributed by atoms with Gasteiger partial charge in [-0.25, -0.2) is 0 Å². The minimum absolute atomic E-state index is 0.190. The van der Waals surface area contributed by atoms with Crippen LogP contribution in [0.2, 0.25) is 4.34 Å². The summed E-state index contributed by atoms with van der Waals surface area (Å²) in [5.74, 6) is 0.877. The number of thiophene rings is 1. The molecule has 2 unspecified atom stereocenters. The second kappa shape index (κ2) is 7.07. The van der Waals surface area contributed by atoms with Gasteiger partial charge >= 0.3 is 0 Å². The van der Waals surface area contributed by atoms with E-state index < -0.39 is 0 Å². The lowest BCUT2D eigenvalue weighted by atomic mass is 9.84. The van der Waals surface area contributed by atoms with Gasteiger partial charge in [0.05, 0.1) is 10.4 Å². The summed E-state index contributed by atoms with van der Waals surface area (Å²) >= 11 is 7.78. The molecule has 2 atom stereocenters. The third-order valence-electron chi connectivity index (χ3n) is 4.28. The Hall–Kier alpha value is -0.0900. The molecule has 1 fully saturated rings. The van der Waals surface area contributed by atoms with Gasteiger partial charge in [-0.3, -0.25) is 4.90 Å². The van der Waals surface area contributed by atoms with Gasteiger partial charge in [0.15, 0.2) is 0 Å². The number of nitrogens with two attached hydrogens (primary N) is 1. The topological polar surface area (TPSA) is 29.3 Å². The van der Waals surface area contributed by atoms with Crippen molar-refractivity contribution in [3.8, 4) is 0 Å². The van der Waals surface area contributed by atoms with Gasteiger partial charge in [0, 0.05) is 17.5 Å². The Labute approximate surface area is 125 Å². The molecule has 0 aliphatic heterocycles. The average Bonchev–Trinajstić information content (AvgIpc) is 2.77. The number of halogens is 1. The van der Waals surface area contributed by atoms with E-state index in [4.69, 9.17) is 17.3 Å². The molecule has 0 bridgehead atoms. The van der Waals surface area contributed by atoms with Crippen LogP contribution in [-0.2, 0) is 0 Å². The first-order chi connectivity index (χ1) is 9.15. The zero-order valence-electron chi connectivity index (χ0n) is 11.9. The molecule has 0 aromatic carbocycles.